The molecule has 0 aliphatic rings. The average Bonchev–Trinajstić information content (AvgIpc) is 2.65. The molecule has 1 heteroatoms. The van der Waals surface area contributed by atoms with E-state index in [1.165, 1.54) is 128 Å². The SMILES string of the molecule is CCCCCCCCCCCCC(C)C(C)(N)CCCCCCCCCC. The Morgan fingerprint density at radius 2 is 0.889 bits per heavy atom. The van der Waals surface area contributed by atoms with Gasteiger partial charge in [-0.1, -0.05) is 136 Å². The molecule has 164 valence electrons. The van der Waals surface area contributed by atoms with Gasteiger partial charge in [0.15, 0.2) is 0 Å². The predicted octanol–water partition coefficient (Wildman–Crippen LogP) is 9.18. The smallest absolute Gasteiger partial charge is 0.0151 e. The summed E-state index contributed by atoms with van der Waals surface area (Å²) in [6.07, 6.45) is 27.9. The van der Waals surface area contributed by atoms with Gasteiger partial charge in [-0.3, -0.25) is 0 Å². The number of unbranched alkanes of at least 4 members (excludes halogenated alkanes) is 16. The van der Waals surface area contributed by atoms with Gasteiger partial charge in [0.25, 0.3) is 0 Å². The summed E-state index contributed by atoms with van der Waals surface area (Å²) in [6.45, 7) is 9.27. The largest absolute Gasteiger partial charge is 0.325 e. The van der Waals surface area contributed by atoms with Crippen LogP contribution in [0.4, 0.5) is 0 Å². The van der Waals surface area contributed by atoms with E-state index in [-0.39, 0.29) is 5.54 Å². The minimum absolute atomic E-state index is 0.0431. The van der Waals surface area contributed by atoms with Gasteiger partial charge >= 0.3 is 0 Å². The lowest BCUT2D eigenvalue weighted by molar-refractivity contribution is 0.265. The number of hydrogen-bond acceptors (Lipinski definition) is 1. The summed E-state index contributed by atoms with van der Waals surface area (Å²) in [4.78, 5) is 0. The minimum atomic E-state index is 0.0431. The van der Waals surface area contributed by atoms with Crippen molar-refractivity contribution in [2.24, 2.45) is 11.7 Å². The monoisotopic (exact) mass is 381 g/mol. The van der Waals surface area contributed by atoms with Crippen molar-refractivity contribution in [1.82, 2.24) is 0 Å². The van der Waals surface area contributed by atoms with E-state index in [0.717, 1.165) is 0 Å². The van der Waals surface area contributed by atoms with E-state index in [9.17, 15) is 0 Å². The number of rotatable bonds is 21. The van der Waals surface area contributed by atoms with E-state index < -0.39 is 0 Å². The molecule has 2 N–H and O–H groups in total. The van der Waals surface area contributed by atoms with Gasteiger partial charge in [0.05, 0.1) is 0 Å². The standard InChI is InChI=1S/C26H55N/c1-5-7-9-11-13-15-16-17-19-21-23-25(3)26(4,27)24-22-20-18-14-12-10-8-6-2/h25H,5-24,27H2,1-4H3. The Balaban J connectivity index is 3.51. The van der Waals surface area contributed by atoms with Crippen LogP contribution in [0.25, 0.3) is 0 Å². The van der Waals surface area contributed by atoms with Crippen molar-refractivity contribution in [3.05, 3.63) is 0 Å². The Morgan fingerprint density at radius 1 is 0.556 bits per heavy atom. The zero-order valence-electron chi connectivity index (χ0n) is 19.8. The second-order valence-corrected chi connectivity index (χ2v) is 9.60. The third-order valence-electron chi connectivity index (χ3n) is 6.69. The molecule has 27 heavy (non-hydrogen) atoms. The molecule has 0 saturated heterocycles. The summed E-state index contributed by atoms with van der Waals surface area (Å²) >= 11 is 0. The van der Waals surface area contributed by atoms with Crippen molar-refractivity contribution in [2.75, 3.05) is 0 Å². The summed E-state index contributed by atoms with van der Waals surface area (Å²) in [6, 6.07) is 0. The number of nitrogens with two attached hydrogens (primary N) is 1. The van der Waals surface area contributed by atoms with E-state index in [1.807, 2.05) is 0 Å². The molecule has 0 aliphatic carbocycles. The van der Waals surface area contributed by atoms with Crippen LogP contribution in [0.1, 0.15) is 156 Å². The molecule has 0 aromatic rings. The van der Waals surface area contributed by atoms with Gasteiger partial charge < -0.3 is 5.73 Å². The Labute approximate surface area is 173 Å². The molecule has 0 aromatic carbocycles. The van der Waals surface area contributed by atoms with Crippen LogP contribution < -0.4 is 5.73 Å². The molecular weight excluding hydrogens is 326 g/mol. The first-order valence-electron chi connectivity index (χ1n) is 12.8. The molecule has 0 aromatic heterocycles. The van der Waals surface area contributed by atoms with Gasteiger partial charge in [-0.25, -0.2) is 0 Å². The third kappa shape index (κ3) is 17.8. The first-order valence-corrected chi connectivity index (χ1v) is 12.8. The van der Waals surface area contributed by atoms with Crippen LogP contribution in [0, 0.1) is 5.92 Å². The molecule has 0 saturated carbocycles. The molecule has 0 spiro atoms. The topological polar surface area (TPSA) is 26.0 Å². The zero-order chi connectivity index (χ0) is 20.2. The van der Waals surface area contributed by atoms with Gasteiger partial charge in [0.1, 0.15) is 0 Å². The predicted molar refractivity (Wildman–Crippen MR) is 125 cm³/mol. The highest BCUT2D eigenvalue weighted by Crippen LogP contribution is 2.26. The Hall–Kier alpha value is -0.0400. The molecule has 0 radical (unpaired) electrons. The molecular formula is C26H55N. The lowest BCUT2D eigenvalue weighted by Crippen LogP contribution is -2.42. The summed E-state index contributed by atoms with van der Waals surface area (Å²) in [5.41, 5.74) is 6.70. The van der Waals surface area contributed by atoms with Crippen LogP contribution in [-0.4, -0.2) is 5.54 Å². The van der Waals surface area contributed by atoms with Crippen LogP contribution in [0.2, 0.25) is 0 Å². The van der Waals surface area contributed by atoms with Crippen LogP contribution in [-0.2, 0) is 0 Å². The molecule has 0 aliphatic heterocycles. The van der Waals surface area contributed by atoms with Crippen molar-refractivity contribution in [2.45, 2.75) is 162 Å². The summed E-state index contributed by atoms with van der Waals surface area (Å²) in [7, 11) is 0. The van der Waals surface area contributed by atoms with Crippen LogP contribution in [0.15, 0.2) is 0 Å². The lowest BCUT2D eigenvalue weighted by Gasteiger charge is -2.32. The molecule has 2 unspecified atom stereocenters. The zero-order valence-corrected chi connectivity index (χ0v) is 19.8. The molecule has 0 amide bonds. The maximum Gasteiger partial charge on any atom is 0.0151 e. The lowest BCUT2D eigenvalue weighted by atomic mass is 9.80. The fraction of sp³-hybridized carbons (Fsp3) is 1.00. The maximum absolute atomic E-state index is 6.66. The van der Waals surface area contributed by atoms with Crippen molar-refractivity contribution >= 4 is 0 Å². The van der Waals surface area contributed by atoms with Crippen LogP contribution >= 0.6 is 0 Å². The van der Waals surface area contributed by atoms with E-state index in [2.05, 4.69) is 27.7 Å². The quantitative estimate of drug-likeness (QED) is 0.197. The van der Waals surface area contributed by atoms with Gasteiger partial charge in [0.2, 0.25) is 0 Å². The van der Waals surface area contributed by atoms with Crippen molar-refractivity contribution < 1.29 is 0 Å². The van der Waals surface area contributed by atoms with Gasteiger partial charge in [-0.15, -0.1) is 0 Å². The Bertz CT molecular complexity index is 284. The third-order valence-corrected chi connectivity index (χ3v) is 6.69. The number of hydrogen-bond donors (Lipinski definition) is 1. The van der Waals surface area contributed by atoms with E-state index in [4.69, 9.17) is 5.73 Å². The fourth-order valence-corrected chi connectivity index (χ4v) is 4.15. The van der Waals surface area contributed by atoms with Crippen molar-refractivity contribution in [1.29, 1.82) is 0 Å². The highest BCUT2D eigenvalue weighted by Gasteiger charge is 2.25. The molecule has 0 fully saturated rings. The van der Waals surface area contributed by atoms with Gasteiger partial charge in [0, 0.05) is 5.54 Å². The second kappa shape index (κ2) is 19.3. The van der Waals surface area contributed by atoms with E-state index in [1.54, 1.807) is 0 Å². The second-order valence-electron chi connectivity index (χ2n) is 9.60. The van der Waals surface area contributed by atoms with E-state index in [0.29, 0.717) is 5.92 Å². The molecule has 0 rings (SSSR count). The first-order chi connectivity index (χ1) is 13.0. The average molecular weight is 382 g/mol. The summed E-state index contributed by atoms with van der Waals surface area (Å²) in [5, 5.41) is 0. The Morgan fingerprint density at radius 3 is 1.30 bits per heavy atom. The molecule has 0 heterocycles. The molecule has 2 atom stereocenters. The van der Waals surface area contributed by atoms with Crippen molar-refractivity contribution in [3.8, 4) is 0 Å². The molecule has 0 bridgehead atoms. The maximum atomic E-state index is 6.66. The Kier molecular flexibility index (Phi) is 19.3. The first kappa shape index (κ1) is 27.0. The summed E-state index contributed by atoms with van der Waals surface area (Å²) < 4.78 is 0. The van der Waals surface area contributed by atoms with Gasteiger partial charge in [-0.05, 0) is 25.7 Å². The normalized spacial score (nSPS) is 15.0. The molecule has 1 nitrogen and oxygen atoms in total. The minimum Gasteiger partial charge on any atom is -0.325 e. The summed E-state index contributed by atoms with van der Waals surface area (Å²) in [5.74, 6) is 0.663. The fourth-order valence-electron chi connectivity index (χ4n) is 4.15. The van der Waals surface area contributed by atoms with Crippen molar-refractivity contribution in [3.63, 3.8) is 0 Å². The van der Waals surface area contributed by atoms with Gasteiger partial charge in [-0.2, -0.15) is 0 Å². The van der Waals surface area contributed by atoms with E-state index >= 15 is 0 Å². The highest BCUT2D eigenvalue weighted by molar-refractivity contribution is 4.84. The van der Waals surface area contributed by atoms with Crippen LogP contribution in [0.3, 0.4) is 0 Å². The van der Waals surface area contributed by atoms with Crippen LogP contribution in [0.5, 0.6) is 0 Å². The highest BCUT2D eigenvalue weighted by atomic mass is 14.7.